The van der Waals surface area contributed by atoms with Crippen molar-refractivity contribution in [2.45, 2.75) is 154 Å². The van der Waals surface area contributed by atoms with Crippen LogP contribution in [0.25, 0.3) is 0 Å². The first-order valence-corrected chi connectivity index (χ1v) is 14.7. The summed E-state index contributed by atoms with van der Waals surface area (Å²) >= 11 is 6.58. The third-order valence-corrected chi connectivity index (χ3v) is 7.02. The van der Waals surface area contributed by atoms with Gasteiger partial charge in [0.1, 0.15) is 5.50 Å². The quantitative estimate of drug-likeness (QED) is 0.0965. The van der Waals surface area contributed by atoms with Gasteiger partial charge in [-0.05, 0) is 30.9 Å². The lowest BCUT2D eigenvalue weighted by molar-refractivity contribution is 0.525. The van der Waals surface area contributed by atoms with Gasteiger partial charge in [-0.3, -0.25) is 0 Å². The number of hydrogen-bond donors (Lipinski definition) is 1. The molecule has 0 fully saturated rings. The molecule has 186 valence electrons. The van der Waals surface area contributed by atoms with Crippen LogP contribution in [0.1, 0.15) is 148 Å². The molecule has 1 aromatic rings. The minimum Gasteiger partial charge on any atom is -0.369 e. The van der Waals surface area contributed by atoms with Gasteiger partial charge in [-0.1, -0.05) is 159 Å². The van der Waals surface area contributed by atoms with Crippen molar-refractivity contribution in [3.8, 4) is 0 Å². The molecule has 0 aliphatic heterocycles. The molecule has 1 nitrogen and oxygen atoms in total. The van der Waals surface area contributed by atoms with E-state index in [4.69, 9.17) is 11.6 Å². The third kappa shape index (κ3) is 16.9. The first kappa shape index (κ1) is 29.3. The molecule has 1 aromatic carbocycles. The normalized spacial score (nSPS) is 12.2. The zero-order valence-corrected chi connectivity index (χ0v) is 22.4. The van der Waals surface area contributed by atoms with Gasteiger partial charge in [0, 0.05) is 5.69 Å². The van der Waals surface area contributed by atoms with Crippen LogP contribution in [0.2, 0.25) is 0 Å². The second-order valence-electron chi connectivity index (χ2n) is 9.82. The van der Waals surface area contributed by atoms with E-state index in [0.717, 1.165) is 12.8 Å². The minimum atomic E-state index is 0.0501. The molecule has 0 aliphatic rings. The van der Waals surface area contributed by atoms with Crippen molar-refractivity contribution in [3.05, 3.63) is 29.8 Å². The number of aryl methyl sites for hydroxylation is 1. The van der Waals surface area contributed by atoms with Crippen LogP contribution >= 0.6 is 11.6 Å². The van der Waals surface area contributed by atoms with Crippen LogP contribution in [-0.4, -0.2) is 5.50 Å². The van der Waals surface area contributed by atoms with Gasteiger partial charge in [-0.25, -0.2) is 0 Å². The van der Waals surface area contributed by atoms with Crippen molar-refractivity contribution in [2.75, 3.05) is 5.32 Å². The molecule has 0 bridgehead atoms. The Bertz CT molecular complexity index is 515. The Kier molecular flexibility index (Phi) is 20.3. The topological polar surface area (TPSA) is 12.0 Å². The van der Waals surface area contributed by atoms with Crippen LogP contribution < -0.4 is 5.32 Å². The second-order valence-corrected chi connectivity index (χ2v) is 10.3. The Morgan fingerprint density at radius 2 is 1.03 bits per heavy atom. The predicted molar refractivity (Wildman–Crippen MR) is 147 cm³/mol. The summed E-state index contributed by atoms with van der Waals surface area (Å²) in [4.78, 5) is 0. The summed E-state index contributed by atoms with van der Waals surface area (Å²) in [5.74, 6) is 0. The average molecular weight is 464 g/mol. The van der Waals surface area contributed by atoms with E-state index < -0.39 is 0 Å². The number of rotatable bonds is 23. The van der Waals surface area contributed by atoms with Crippen LogP contribution in [0, 0.1) is 0 Å². The van der Waals surface area contributed by atoms with E-state index in [0.29, 0.717) is 0 Å². The molecule has 1 unspecified atom stereocenters. The van der Waals surface area contributed by atoms with Gasteiger partial charge in [0.15, 0.2) is 0 Å². The molecule has 0 radical (unpaired) electrons. The maximum Gasteiger partial charge on any atom is 0.101 e. The SMILES string of the molecule is CCCCCCCCCCCCCCCCCCCC(Cl)Nc1ccccc1CCCC. The van der Waals surface area contributed by atoms with Crippen LogP contribution in [-0.2, 0) is 6.42 Å². The van der Waals surface area contributed by atoms with E-state index in [1.807, 2.05) is 0 Å². The summed E-state index contributed by atoms with van der Waals surface area (Å²) in [6, 6.07) is 8.65. The van der Waals surface area contributed by atoms with Crippen molar-refractivity contribution < 1.29 is 0 Å². The van der Waals surface area contributed by atoms with Crippen LogP contribution in [0.15, 0.2) is 24.3 Å². The monoisotopic (exact) mass is 463 g/mol. The number of halogens is 1. The maximum absolute atomic E-state index is 6.58. The molecule has 0 saturated carbocycles. The van der Waals surface area contributed by atoms with Gasteiger partial charge in [-0.15, -0.1) is 0 Å². The number of benzene rings is 1. The maximum atomic E-state index is 6.58. The molecule has 0 heterocycles. The highest BCUT2D eigenvalue weighted by Crippen LogP contribution is 2.21. The van der Waals surface area contributed by atoms with E-state index in [1.165, 1.54) is 133 Å². The lowest BCUT2D eigenvalue weighted by Crippen LogP contribution is -2.13. The highest BCUT2D eigenvalue weighted by molar-refractivity contribution is 6.21. The molecule has 1 rings (SSSR count). The third-order valence-electron chi connectivity index (χ3n) is 6.69. The fourth-order valence-corrected chi connectivity index (χ4v) is 4.81. The van der Waals surface area contributed by atoms with Gasteiger partial charge in [0.05, 0.1) is 0 Å². The number of anilines is 1. The highest BCUT2D eigenvalue weighted by Gasteiger charge is 2.07. The summed E-state index contributed by atoms with van der Waals surface area (Å²) in [5.41, 5.74) is 2.68. The average Bonchev–Trinajstić information content (AvgIpc) is 2.80. The number of nitrogens with one attached hydrogen (secondary N) is 1. The zero-order chi connectivity index (χ0) is 23.1. The Morgan fingerprint density at radius 3 is 1.53 bits per heavy atom. The largest absolute Gasteiger partial charge is 0.369 e. The van der Waals surface area contributed by atoms with Crippen molar-refractivity contribution in [3.63, 3.8) is 0 Å². The Balaban J connectivity index is 1.88. The standard InChI is InChI=1S/C30H54ClN/c1-3-5-7-8-9-10-11-12-13-14-15-16-17-18-19-20-21-27-30(31)32-29-26-23-22-25-28(29)24-6-4-2/h22-23,25-26,30,32H,3-21,24,27H2,1-2H3. The molecule has 32 heavy (non-hydrogen) atoms. The zero-order valence-electron chi connectivity index (χ0n) is 21.6. The number of alkyl halides is 1. The molecule has 0 saturated heterocycles. The molecule has 0 aromatic heterocycles. The molecular weight excluding hydrogens is 410 g/mol. The molecular formula is C30H54ClN. The van der Waals surface area contributed by atoms with Gasteiger partial charge < -0.3 is 5.32 Å². The molecule has 0 aliphatic carbocycles. The Labute approximate surface area is 206 Å². The number of hydrogen-bond acceptors (Lipinski definition) is 1. The molecule has 0 amide bonds. The summed E-state index contributed by atoms with van der Waals surface area (Å²) in [6.45, 7) is 4.54. The van der Waals surface area contributed by atoms with E-state index in [9.17, 15) is 0 Å². The Hall–Kier alpha value is -0.690. The van der Waals surface area contributed by atoms with Crippen molar-refractivity contribution in [1.29, 1.82) is 0 Å². The number of unbranched alkanes of at least 4 members (excludes halogenated alkanes) is 17. The summed E-state index contributed by atoms with van der Waals surface area (Å²) < 4.78 is 0. The summed E-state index contributed by atoms with van der Waals surface area (Å²) in [5, 5.41) is 3.54. The van der Waals surface area contributed by atoms with Gasteiger partial charge in [0.25, 0.3) is 0 Å². The number of para-hydroxylation sites is 1. The van der Waals surface area contributed by atoms with Crippen molar-refractivity contribution >= 4 is 17.3 Å². The minimum absolute atomic E-state index is 0.0501. The van der Waals surface area contributed by atoms with Gasteiger partial charge >= 0.3 is 0 Å². The van der Waals surface area contributed by atoms with Crippen LogP contribution in [0.5, 0.6) is 0 Å². The van der Waals surface area contributed by atoms with E-state index in [1.54, 1.807) is 0 Å². The first-order valence-electron chi connectivity index (χ1n) is 14.3. The smallest absolute Gasteiger partial charge is 0.101 e. The molecule has 1 atom stereocenters. The van der Waals surface area contributed by atoms with Crippen molar-refractivity contribution in [1.82, 2.24) is 0 Å². The fraction of sp³-hybridized carbons (Fsp3) is 0.800. The fourth-order valence-electron chi connectivity index (χ4n) is 4.54. The van der Waals surface area contributed by atoms with E-state index in [2.05, 4.69) is 43.4 Å². The van der Waals surface area contributed by atoms with Crippen LogP contribution in [0.4, 0.5) is 5.69 Å². The second kappa shape index (κ2) is 22.1. The summed E-state index contributed by atoms with van der Waals surface area (Å²) in [6.07, 6.45) is 28.8. The molecule has 1 N–H and O–H groups in total. The first-order chi connectivity index (χ1) is 15.8. The lowest BCUT2D eigenvalue weighted by atomic mass is 10.0. The molecule has 2 heteroatoms. The van der Waals surface area contributed by atoms with Gasteiger partial charge in [0.2, 0.25) is 0 Å². The molecule has 0 spiro atoms. The van der Waals surface area contributed by atoms with E-state index >= 15 is 0 Å². The van der Waals surface area contributed by atoms with Crippen LogP contribution in [0.3, 0.4) is 0 Å². The van der Waals surface area contributed by atoms with Gasteiger partial charge in [-0.2, -0.15) is 0 Å². The van der Waals surface area contributed by atoms with Crippen molar-refractivity contribution in [2.24, 2.45) is 0 Å². The summed E-state index contributed by atoms with van der Waals surface area (Å²) in [7, 11) is 0. The predicted octanol–water partition coefficient (Wildman–Crippen LogP) is 11.0. The van der Waals surface area contributed by atoms with E-state index in [-0.39, 0.29) is 5.50 Å². The lowest BCUT2D eigenvalue weighted by Gasteiger charge is -2.16. The highest BCUT2D eigenvalue weighted by atomic mass is 35.5. The Morgan fingerprint density at radius 1 is 0.594 bits per heavy atom.